The first-order valence-electron chi connectivity index (χ1n) is 8.72. The van der Waals surface area contributed by atoms with Gasteiger partial charge in [0, 0.05) is 6.42 Å². The molecule has 0 fully saturated rings. The first-order chi connectivity index (χ1) is 13.6. The highest BCUT2D eigenvalue weighted by molar-refractivity contribution is 5.94. The van der Waals surface area contributed by atoms with Gasteiger partial charge in [0.05, 0.1) is 13.0 Å². The van der Waals surface area contributed by atoms with Crippen LogP contribution in [0.15, 0.2) is 30.3 Å². The van der Waals surface area contributed by atoms with Gasteiger partial charge in [-0.2, -0.15) is 0 Å². The molecule has 0 saturated heterocycles. The highest BCUT2D eigenvalue weighted by Crippen LogP contribution is 2.04. The van der Waals surface area contributed by atoms with E-state index in [9.17, 15) is 24.0 Å². The van der Waals surface area contributed by atoms with Crippen LogP contribution in [0.3, 0.4) is 0 Å². The fourth-order valence-corrected chi connectivity index (χ4v) is 2.36. The molecule has 1 rings (SSSR count). The Kier molecular flexibility index (Phi) is 9.26. The normalized spacial score (nSPS) is 13.4. The Morgan fingerprint density at radius 1 is 0.931 bits per heavy atom. The summed E-state index contributed by atoms with van der Waals surface area (Å²) in [6, 6.07) is 5.00. The van der Waals surface area contributed by atoms with Gasteiger partial charge in [0.25, 0.3) is 0 Å². The molecule has 0 spiro atoms. The van der Waals surface area contributed by atoms with E-state index >= 15 is 0 Å². The van der Waals surface area contributed by atoms with Gasteiger partial charge in [-0.05, 0) is 12.5 Å². The molecule has 0 bridgehead atoms. The lowest BCUT2D eigenvalue weighted by Crippen LogP contribution is -2.56. The summed E-state index contributed by atoms with van der Waals surface area (Å²) in [5.41, 5.74) is 6.03. The summed E-state index contributed by atoms with van der Waals surface area (Å²) in [6.07, 6.45) is -0.672. The number of aliphatic carboxylic acids is 2. The maximum atomic E-state index is 12.6. The van der Waals surface area contributed by atoms with Crippen LogP contribution in [0.2, 0.25) is 0 Å². The van der Waals surface area contributed by atoms with E-state index in [4.69, 9.17) is 15.9 Å². The van der Waals surface area contributed by atoms with Crippen LogP contribution in [-0.2, 0) is 30.4 Å². The van der Waals surface area contributed by atoms with Gasteiger partial charge in [0.1, 0.15) is 18.1 Å². The average molecular weight is 408 g/mol. The van der Waals surface area contributed by atoms with Crippen molar-refractivity contribution in [2.24, 2.45) is 5.73 Å². The molecular weight excluding hydrogens is 384 g/mol. The fraction of sp³-hybridized carbons (Fsp3) is 0.389. The van der Waals surface area contributed by atoms with Gasteiger partial charge in [-0.15, -0.1) is 0 Å². The minimum atomic E-state index is -1.64. The van der Waals surface area contributed by atoms with Crippen LogP contribution in [0.4, 0.5) is 0 Å². The molecule has 1 aromatic rings. The van der Waals surface area contributed by atoms with E-state index in [-0.39, 0.29) is 13.0 Å². The lowest BCUT2D eigenvalue weighted by molar-refractivity contribution is -0.147. The molecule has 0 aromatic heterocycles. The third-order valence-electron chi connectivity index (χ3n) is 3.87. The molecule has 0 aliphatic carbocycles. The lowest BCUT2D eigenvalue weighted by atomic mass is 10.0. The van der Waals surface area contributed by atoms with E-state index in [0.717, 1.165) is 5.56 Å². The van der Waals surface area contributed by atoms with Crippen LogP contribution >= 0.6 is 0 Å². The van der Waals surface area contributed by atoms with Crippen LogP contribution in [0.5, 0.6) is 0 Å². The largest absolute Gasteiger partial charge is 0.481 e. The van der Waals surface area contributed by atoms with Crippen LogP contribution < -0.4 is 21.7 Å². The van der Waals surface area contributed by atoms with Crippen LogP contribution in [0.25, 0.3) is 0 Å². The van der Waals surface area contributed by atoms with Crippen molar-refractivity contribution in [3.63, 3.8) is 0 Å². The molecule has 0 aliphatic rings. The summed E-state index contributed by atoms with van der Waals surface area (Å²) in [5.74, 6) is -5.04. The first-order valence-corrected chi connectivity index (χ1v) is 8.72. The molecule has 0 unspecified atom stereocenters. The number of carbonyl (C=O) groups excluding carboxylic acids is 3. The van der Waals surface area contributed by atoms with Gasteiger partial charge in [0.15, 0.2) is 0 Å². The van der Waals surface area contributed by atoms with Gasteiger partial charge in [0.2, 0.25) is 17.7 Å². The molecule has 0 aliphatic heterocycles. The smallest absolute Gasteiger partial charge is 0.326 e. The van der Waals surface area contributed by atoms with E-state index in [2.05, 4.69) is 16.0 Å². The van der Waals surface area contributed by atoms with Crippen LogP contribution in [-0.4, -0.2) is 64.5 Å². The van der Waals surface area contributed by atoms with E-state index in [1.165, 1.54) is 6.92 Å². The molecule has 7 N–H and O–H groups in total. The second kappa shape index (κ2) is 11.4. The first kappa shape index (κ1) is 23.6. The number of hydrogen-bond acceptors (Lipinski definition) is 6. The molecule has 11 heteroatoms. The molecule has 3 atom stereocenters. The zero-order chi connectivity index (χ0) is 22.0. The monoisotopic (exact) mass is 408 g/mol. The molecule has 3 amide bonds. The summed E-state index contributed by atoms with van der Waals surface area (Å²) < 4.78 is 0. The van der Waals surface area contributed by atoms with Gasteiger partial charge in [-0.1, -0.05) is 30.3 Å². The van der Waals surface area contributed by atoms with E-state index in [1.807, 2.05) is 0 Å². The van der Waals surface area contributed by atoms with Crippen molar-refractivity contribution in [2.75, 3.05) is 6.54 Å². The van der Waals surface area contributed by atoms with Crippen molar-refractivity contribution in [3.8, 4) is 0 Å². The third-order valence-corrected chi connectivity index (χ3v) is 3.87. The Balaban J connectivity index is 2.80. The number of carboxylic acid groups (broad SMARTS) is 2. The molecule has 0 saturated carbocycles. The SMILES string of the molecule is C[C@H](NC(=O)[C@H](Cc1ccccc1)NC(=O)CN)C(=O)N[C@@H](CC(=O)O)C(=O)O. The molecule has 0 heterocycles. The number of benzene rings is 1. The number of rotatable bonds is 11. The quantitative estimate of drug-likeness (QED) is 0.248. The summed E-state index contributed by atoms with van der Waals surface area (Å²) in [5, 5.41) is 24.6. The summed E-state index contributed by atoms with van der Waals surface area (Å²) >= 11 is 0. The van der Waals surface area contributed by atoms with Crippen molar-refractivity contribution in [1.29, 1.82) is 0 Å². The Hall–Kier alpha value is -3.47. The van der Waals surface area contributed by atoms with Crippen molar-refractivity contribution in [2.45, 2.75) is 37.9 Å². The Morgan fingerprint density at radius 2 is 1.55 bits per heavy atom. The van der Waals surface area contributed by atoms with E-state index in [1.54, 1.807) is 30.3 Å². The lowest BCUT2D eigenvalue weighted by Gasteiger charge is -2.22. The summed E-state index contributed by atoms with van der Waals surface area (Å²) in [7, 11) is 0. The molecule has 158 valence electrons. The van der Waals surface area contributed by atoms with Crippen LogP contribution in [0.1, 0.15) is 18.9 Å². The average Bonchev–Trinajstić information content (AvgIpc) is 2.66. The van der Waals surface area contributed by atoms with Crippen LogP contribution in [0, 0.1) is 0 Å². The predicted octanol–water partition coefficient (Wildman–Crippen LogP) is -1.78. The summed E-state index contributed by atoms with van der Waals surface area (Å²) in [6.45, 7) is 0.974. The number of hydrogen-bond donors (Lipinski definition) is 6. The second-order valence-corrected chi connectivity index (χ2v) is 6.24. The van der Waals surface area contributed by atoms with Crippen molar-refractivity contribution >= 4 is 29.7 Å². The zero-order valence-corrected chi connectivity index (χ0v) is 15.8. The predicted molar refractivity (Wildman–Crippen MR) is 101 cm³/mol. The maximum absolute atomic E-state index is 12.6. The molecule has 29 heavy (non-hydrogen) atoms. The topological polar surface area (TPSA) is 188 Å². The molecule has 1 aromatic carbocycles. The number of nitrogens with two attached hydrogens (primary N) is 1. The maximum Gasteiger partial charge on any atom is 0.326 e. The molecule has 0 radical (unpaired) electrons. The van der Waals surface area contributed by atoms with Gasteiger partial charge >= 0.3 is 11.9 Å². The number of nitrogens with one attached hydrogen (secondary N) is 3. The number of carboxylic acids is 2. The van der Waals surface area contributed by atoms with Crippen molar-refractivity contribution in [3.05, 3.63) is 35.9 Å². The van der Waals surface area contributed by atoms with Crippen molar-refractivity contribution < 1.29 is 34.2 Å². The van der Waals surface area contributed by atoms with E-state index < -0.39 is 54.2 Å². The van der Waals surface area contributed by atoms with Gasteiger partial charge in [-0.25, -0.2) is 4.79 Å². The van der Waals surface area contributed by atoms with Gasteiger partial charge < -0.3 is 31.9 Å². The third kappa shape index (κ3) is 8.39. The Morgan fingerprint density at radius 3 is 2.07 bits per heavy atom. The number of amides is 3. The highest BCUT2D eigenvalue weighted by Gasteiger charge is 2.28. The van der Waals surface area contributed by atoms with Gasteiger partial charge in [-0.3, -0.25) is 19.2 Å². The second-order valence-electron chi connectivity index (χ2n) is 6.24. The number of carbonyl (C=O) groups is 5. The van der Waals surface area contributed by atoms with Crippen molar-refractivity contribution in [1.82, 2.24) is 16.0 Å². The minimum Gasteiger partial charge on any atom is -0.481 e. The molecular formula is C18H24N4O7. The molecule has 11 nitrogen and oxygen atoms in total. The zero-order valence-electron chi connectivity index (χ0n) is 15.8. The fourth-order valence-electron chi connectivity index (χ4n) is 2.36. The van der Waals surface area contributed by atoms with E-state index in [0.29, 0.717) is 0 Å². The Labute approximate surface area is 166 Å². The standard InChI is InChI=1S/C18H24N4O7/c1-10(16(26)22-13(18(28)29)8-15(24)25)20-17(27)12(21-14(23)9-19)7-11-5-3-2-4-6-11/h2-6,10,12-13H,7-9,19H2,1H3,(H,20,27)(H,21,23)(H,22,26)(H,24,25)(H,28,29)/t10-,12-,13-/m0/s1. The highest BCUT2D eigenvalue weighted by atomic mass is 16.4. The Bertz CT molecular complexity index is 754. The summed E-state index contributed by atoms with van der Waals surface area (Å²) in [4.78, 5) is 58.1. The minimum absolute atomic E-state index is 0.142.